The number of aliphatic hydroxyl groups excluding tert-OH is 1. The number of fused-ring (bicyclic) bond motifs is 1. The molecule has 0 saturated heterocycles. The van der Waals surface area contributed by atoms with Crippen LogP contribution in [0.25, 0.3) is 10.9 Å². The van der Waals surface area contributed by atoms with Gasteiger partial charge in [-0.3, -0.25) is 4.79 Å². The van der Waals surface area contributed by atoms with Gasteiger partial charge >= 0.3 is 0 Å². The van der Waals surface area contributed by atoms with Crippen molar-refractivity contribution in [1.82, 2.24) is 10.3 Å². The number of ether oxygens (including phenoxy) is 1. The van der Waals surface area contributed by atoms with Crippen molar-refractivity contribution in [3.05, 3.63) is 142 Å². The van der Waals surface area contributed by atoms with Gasteiger partial charge in [-0.2, -0.15) is 0 Å². The maximum absolute atomic E-state index is 12.1. The Labute approximate surface area is 240 Å². The summed E-state index contributed by atoms with van der Waals surface area (Å²) in [4.78, 5) is 15.0. The molecule has 0 aliphatic carbocycles. The Balaban J connectivity index is 1.12. The number of aromatic nitrogens is 1. The molecule has 5 aromatic rings. The number of hydrogen-bond donors (Lipinski definition) is 5. The zero-order valence-electron chi connectivity index (χ0n) is 22.9. The summed E-state index contributed by atoms with van der Waals surface area (Å²) in [7, 11) is 0. The molecule has 7 nitrogen and oxygen atoms in total. The van der Waals surface area contributed by atoms with E-state index in [0.717, 1.165) is 40.7 Å². The molecular formula is C34H36N4O3. The minimum atomic E-state index is -0.744. The predicted octanol–water partition coefficient (Wildman–Crippen LogP) is 5.08. The van der Waals surface area contributed by atoms with Crippen LogP contribution in [0.3, 0.4) is 0 Å². The van der Waals surface area contributed by atoms with Gasteiger partial charge in [-0.15, -0.1) is 0 Å². The second kappa shape index (κ2) is 13.8. The predicted molar refractivity (Wildman–Crippen MR) is 165 cm³/mol. The molecule has 2 atom stereocenters. The second-order valence-corrected chi connectivity index (χ2v) is 10.1. The first kappa shape index (κ1) is 28.1. The quantitative estimate of drug-likeness (QED) is 0.131. The van der Waals surface area contributed by atoms with Crippen molar-refractivity contribution < 1.29 is 9.84 Å². The average Bonchev–Trinajstić information content (AvgIpc) is 3.02. The van der Waals surface area contributed by atoms with E-state index in [9.17, 15) is 9.90 Å². The van der Waals surface area contributed by atoms with Gasteiger partial charge in [0.1, 0.15) is 12.4 Å². The van der Waals surface area contributed by atoms with Gasteiger partial charge in [0, 0.05) is 36.3 Å². The molecule has 6 N–H and O–H groups in total. The van der Waals surface area contributed by atoms with Crippen LogP contribution in [-0.4, -0.2) is 29.7 Å². The van der Waals surface area contributed by atoms with E-state index in [-0.39, 0.29) is 11.6 Å². The van der Waals surface area contributed by atoms with Crippen LogP contribution < -0.4 is 26.7 Å². The molecule has 0 amide bonds. The number of rotatable bonds is 13. The molecule has 0 bridgehead atoms. The molecule has 0 spiro atoms. The second-order valence-electron chi connectivity index (χ2n) is 10.1. The third kappa shape index (κ3) is 7.61. The van der Waals surface area contributed by atoms with Crippen LogP contribution in [-0.2, 0) is 13.0 Å². The standard InChI is InChI=1S/C34H36N4O3/c35-30(26-9-5-2-6-10-26)21-37-27-13-11-24(12-14-27)19-20-36-22-31(39)28-15-17-32(34-29(28)16-18-33(40)38-34)41-23-25-7-3-1-4-8-25/h1-18,30-31,36-37,39H,19-23,35H2,(H,38,40)/t30-,31-/m0/s1. The van der Waals surface area contributed by atoms with E-state index in [1.54, 1.807) is 6.07 Å². The maximum Gasteiger partial charge on any atom is 0.248 e. The van der Waals surface area contributed by atoms with Crippen LogP contribution in [0.4, 0.5) is 5.69 Å². The topological polar surface area (TPSA) is 112 Å². The normalized spacial score (nSPS) is 12.6. The van der Waals surface area contributed by atoms with Gasteiger partial charge in [0.05, 0.1) is 11.6 Å². The van der Waals surface area contributed by atoms with Crippen LogP contribution in [0.1, 0.15) is 34.4 Å². The SMILES string of the molecule is N[C@@H](CNc1ccc(CCNC[C@H](O)c2ccc(OCc3ccccc3)c3[nH]c(=O)ccc23)cc1)c1ccccc1. The minimum Gasteiger partial charge on any atom is -0.487 e. The van der Waals surface area contributed by atoms with Gasteiger partial charge in [0.2, 0.25) is 5.56 Å². The van der Waals surface area contributed by atoms with Crippen LogP contribution >= 0.6 is 0 Å². The number of benzene rings is 4. The van der Waals surface area contributed by atoms with E-state index < -0.39 is 6.10 Å². The summed E-state index contributed by atoms with van der Waals surface area (Å²) in [5.41, 5.74) is 11.8. The maximum atomic E-state index is 12.1. The molecular weight excluding hydrogens is 512 g/mol. The number of nitrogens with two attached hydrogens (primary N) is 1. The van der Waals surface area contributed by atoms with Crippen molar-refractivity contribution in [2.24, 2.45) is 5.73 Å². The summed E-state index contributed by atoms with van der Waals surface area (Å²) in [6, 6.07) is 35.1. The molecule has 1 aromatic heterocycles. The molecule has 41 heavy (non-hydrogen) atoms. The highest BCUT2D eigenvalue weighted by Crippen LogP contribution is 2.30. The van der Waals surface area contributed by atoms with E-state index in [2.05, 4.69) is 39.9 Å². The molecule has 4 aromatic carbocycles. The summed E-state index contributed by atoms with van der Waals surface area (Å²) in [6.07, 6.45) is 0.0867. The van der Waals surface area contributed by atoms with E-state index >= 15 is 0 Å². The van der Waals surface area contributed by atoms with Crippen molar-refractivity contribution >= 4 is 16.6 Å². The fourth-order valence-corrected chi connectivity index (χ4v) is 4.81. The Morgan fingerprint density at radius 3 is 2.29 bits per heavy atom. The van der Waals surface area contributed by atoms with Gasteiger partial charge in [-0.05, 0) is 59.5 Å². The fraction of sp³-hybridized carbons (Fsp3) is 0.206. The molecule has 1 heterocycles. The highest BCUT2D eigenvalue weighted by atomic mass is 16.5. The Morgan fingerprint density at radius 2 is 1.54 bits per heavy atom. The fourth-order valence-electron chi connectivity index (χ4n) is 4.81. The zero-order chi connectivity index (χ0) is 28.4. The molecule has 5 rings (SSSR count). The van der Waals surface area contributed by atoms with Crippen molar-refractivity contribution in [1.29, 1.82) is 0 Å². The summed E-state index contributed by atoms with van der Waals surface area (Å²) >= 11 is 0. The Bertz CT molecular complexity index is 1590. The largest absolute Gasteiger partial charge is 0.487 e. The lowest BCUT2D eigenvalue weighted by Crippen LogP contribution is -2.24. The number of aromatic amines is 1. The first-order valence-corrected chi connectivity index (χ1v) is 13.9. The van der Waals surface area contributed by atoms with Gasteiger partial charge < -0.3 is 31.2 Å². The van der Waals surface area contributed by atoms with Crippen molar-refractivity contribution in [2.45, 2.75) is 25.2 Å². The van der Waals surface area contributed by atoms with Crippen molar-refractivity contribution in [3.8, 4) is 5.75 Å². The molecule has 0 radical (unpaired) electrons. The highest BCUT2D eigenvalue weighted by Gasteiger charge is 2.15. The summed E-state index contributed by atoms with van der Waals surface area (Å²) in [5, 5.41) is 18.5. The third-order valence-corrected chi connectivity index (χ3v) is 7.12. The molecule has 7 heteroatoms. The van der Waals surface area contributed by atoms with E-state index in [1.165, 1.54) is 11.6 Å². The Morgan fingerprint density at radius 1 is 0.805 bits per heavy atom. The number of aliphatic hydroxyl groups is 1. The molecule has 0 unspecified atom stereocenters. The number of H-pyrrole nitrogens is 1. The van der Waals surface area contributed by atoms with Gasteiger partial charge in [0.15, 0.2) is 0 Å². The van der Waals surface area contributed by atoms with E-state index in [0.29, 0.717) is 31.0 Å². The van der Waals surface area contributed by atoms with Crippen LogP contribution in [0.5, 0.6) is 5.75 Å². The van der Waals surface area contributed by atoms with Crippen LogP contribution in [0, 0.1) is 0 Å². The Hall–Kier alpha value is -4.43. The number of pyridine rings is 1. The number of nitrogens with one attached hydrogen (secondary N) is 3. The van der Waals surface area contributed by atoms with Gasteiger partial charge in [0.25, 0.3) is 0 Å². The average molecular weight is 549 g/mol. The molecule has 0 fully saturated rings. The molecule has 210 valence electrons. The van der Waals surface area contributed by atoms with E-state index in [1.807, 2.05) is 72.8 Å². The molecule has 0 saturated carbocycles. The summed E-state index contributed by atoms with van der Waals surface area (Å²) in [6.45, 7) is 2.14. The first-order valence-electron chi connectivity index (χ1n) is 13.9. The zero-order valence-corrected chi connectivity index (χ0v) is 22.9. The Kier molecular flexibility index (Phi) is 9.44. The molecule has 0 aliphatic heterocycles. The first-order chi connectivity index (χ1) is 20.1. The van der Waals surface area contributed by atoms with E-state index in [4.69, 9.17) is 10.5 Å². The summed E-state index contributed by atoms with van der Waals surface area (Å²) in [5.74, 6) is 0.574. The monoisotopic (exact) mass is 548 g/mol. The lowest BCUT2D eigenvalue weighted by atomic mass is 10.0. The van der Waals surface area contributed by atoms with Crippen molar-refractivity contribution in [2.75, 3.05) is 25.0 Å². The number of hydrogen-bond acceptors (Lipinski definition) is 6. The molecule has 0 aliphatic rings. The third-order valence-electron chi connectivity index (χ3n) is 7.12. The lowest BCUT2D eigenvalue weighted by Gasteiger charge is -2.17. The highest BCUT2D eigenvalue weighted by molar-refractivity contribution is 5.87. The number of anilines is 1. The lowest BCUT2D eigenvalue weighted by molar-refractivity contribution is 0.176. The van der Waals surface area contributed by atoms with Gasteiger partial charge in [-0.1, -0.05) is 78.9 Å². The smallest absolute Gasteiger partial charge is 0.248 e. The minimum absolute atomic E-state index is 0.0677. The summed E-state index contributed by atoms with van der Waals surface area (Å²) < 4.78 is 6.02. The van der Waals surface area contributed by atoms with Crippen molar-refractivity contribution in [3.63, 3.8) is 0 Å². The van der Waals surface area contributed by atoms with Gasteiger partial charge in [-0.25, -0.2) is 0 Å². The van der Waals surface area contributed by atoms with Crippen LogP contribution in [0.15, 0.2) is 114 Å². The van der Waals surface area contributed by atoms with Crippen LogP contribution in [0.2, 0.25) is 0 Å².